The number of pyridine rings is 2. The summed E-state index contributed by atoms with van der Waals surface area (Å²) in [6.07, 6.45) is 8.76. The highest BCUT2D eigenvalue weighted by Crippen LogP contribution is 2.32. The molecule has 0 atom stereocenters. The molecular formula is C30H26N8O. The van der Waals surface area contributed by atoms with E-state index in [1.54, 1.807) is 41.3 Å². The number of benzene rings is 2. The van der Waals surface area contributed by atoms with E-state index in [0.717, 1.165) is 46.9 Å². The van der Waals surface area contributed by atoms with Crippen LogP contribution in [0.3, 0.4) is 0 Å². The average molecular weight is 515 g/mol. The normalized spacial score (nSPS) is 12.1. The van der Waals surface area contributed by atoms with Gasteiger partial charge in [0.1, 0.15) is 11.3 Å². The van der Waals surface area contributed by atoms with Gasteiger partial charge in [-0.2, -0.15) is 5.10 Å². The molecule has 4 aromatic heterocycles. The molecule has 0 saturated carbocycles. The lowest BCUT2D eigenvalue weighted by Crippen LogP contribution is -2.09. The number of carbonyl (C=O) groups is 1. The number of fused-ring (bicyclic) bond motifs is 2. The molecule has 0 fully saturated rings. The monoisotopic (exact) mass is 514 g/mol. The zero-order valence-corrected chi connectivity index (χ0v) is 21.1. The summed E-state index contributed by atoms with van der Waals surface area (Å²) in [6.45, 7) is 0. The SMILES string of the molecule is NC(=O)c1ccccc1.Nc1ncccc1-c1nc2ccc(-n3cccn3)nc2n1-c1ccc2c(c1)CCC2. The van der Waals surface area contributed by atoms with Gasteiger partial charge in [0.15, 0.2) is 17.3 Å². The molecule has 0 spiro atoms. The lowest BCUT2D eigenvalue weighted by molar-refractivity contribution is 0.100. The van der Waals surface area contributed by atoms with Crippen LogP contribution in [0, 0.1) is 0 Å². The van der Waals surface area contributed by atoms with E-state index in [0.29, 0.717) is 11.4 Å². The first-order valence-electron chi connectivity index (χ1n) is 12.7. The molecule has 0 bridgehead atoms. The molecule has 0 radical (unpaired) electrons. The minimum Gasteiger partial charge on any atom is -0.383 e. The lowest BCUT2D eigenvalue weighted by Gasteiger charge is -2.12. The Morgan fingerprint density at radius 1 is 0.846 bits per heavy atom. The Labute approximate surface area is 224 Å². The largest absolute Gasteiger partial charge is 0.383 e. The van der Waals surface area contributed by atoms with Crippen LogP contribution in [-0.2, 0) is 12.8 Å². The summed E-state index contributed by atoms with van der Waals surface area (Å²) >= 11 is 0. The number of hydrogen-bond donors (Lipinski definition) is 2. The number of nitrogens with two attached hydrogens (primary N) is 2. The lowest BCUT2D eigenvalue weighted by atomic mass is 10.1. The summed E-state index contributed by atoms with van der Waals surface area (Å²) in [5.41, 5.74) is 17.9. The molecule has 9 nitrogen and oxygen atoms in total. The average Bonchev–Trinajstić information content (AvgIpc) is 3.73. The van der Waals surface area contributed by atoms with E-state index in [1.165, 1.54) is 17.5 Å². The molecule has 0 saturated heterocycles. The number of hydrogen-bond acceptors (Lipinski definition) is 6. The minimum atomic E-state index is -0.379. The standard InChI is InChI=1S/C23H19N7.C7H7NO/c24-21-18(6-2-11-25-21)22-27-19-9-10-20(29-13-3-12-26-29)28-23(19)30(22)17-8-7-15-4-1-5-16(15)14-17;8-7(9)6-4-2-1-3-5-6/h2-3,6-14H,1,4-5H2,(H2,24,25);1-5H,(H2,8,9). The van der Waals surface area contributed by atoms with Gasteiger partial charge in [0, 0.05) is 29.8 Å². The number of anilines is 1. The van der Waals surface area contributed by atoms with E-state index in [2.05, 4.69) is 32.8 Å². The van der Waals surface area contributed by atoms with E-state index in [-0.39, 0.29) is 5.91 Å². The first kappa shape index (κ1) is 24.1. The van der Waals surface area contributed by atoms with Gasteiger partial charge in [-0.05, 0) is 85.0 Å². The van der Waals surface area contributed by atoms with Crippen molar-refractivity contribution in [3.8, 4) is 22.9 Å². The predicted molar refractivity (Wildman–Crippen MR) is 151 cm³/mol. The van der Waals surface area contributed by atoms with Crippen LogP contribution in [-0.4, -0.2) is 35.2 Å². The Kier molecular flexibility index (Phi) is 6.30. The molecule has 1 amide bonds. The summed E-state index contributed by atoms with van der Waals surface area (Å²) in [5.74, 6) is 1.54. The first-order valence-corrected chi connectivity index (χ1v) is 12.7. The molecule has 7 rings (SSSR count). The van der Waals surface area contributed by atoms with Crippen LogP contribution in [0.5, 0.6) is 0 Å². The topological polar surface area (TPSA) is 131 Å². The van der Waals surface area contributed by atoms with Crippen molar-refractivity contribution in [2.24, 2.45) is 5.73 Å². The van der Waals surface area contributed by atoms with Gasteiger partial charge in [-0.15, -0.1) is 0 Å². The Hall–Kier alpha value is -5.31. The minimum absolute atomic E-state index is 0.379. The molecule has 2 aromatic carbocycles. The van der Waals surface area contributed by atoms with Gasteiger partial charge in [-0.25, -0.2) is 19.6 Å². The number of nitrogen functional groups attached to an aromatic ring is 1. The summed E-state index contributed by atoms with van der Waals surface area (Å²) in [5, 5.41) is 4.32. The van der Waals surface area contributed by atoms with Crippen molar-refractivity contribution in [3.63, 3.8) is 0 Å². The summed E-state index contributed by atoms with van der Waals surface area (Å²) in [6, 6.07) is 25.0. The van der Waals surface area contributed by atoms with Crippen LogP contribution in [0.1, 0.15) is 27.9 Å². The van der Waals surface area contributed by atoms with Gasteiger partial charge in [-0.1, -0.05) is 24.3 Å². The maximum absolute atomic E-state index is 10.4. The molecule has 0 aliphatic heterocycles. The third-order valence-electron chi connectivity index (χ3n) is 6.71. The fourth-order valence-corrected chi connectivity index (χ4v) is 4.81. The predicted octanol–water partition coefficient (Wildman–Crippen LogP) is 4.52. The first-order chi connectivity index (χ1) is 19.1. The van der Waals surface area contributed by atoms with Crippen molar-refractivity contribution < 1.29 is 4.79 Å². The van der Waals surface area contributed by atoms with E-state index in [4.69, 9.17) is 21.4 Å². The highest BCUT2D eigenvalue weighted by atomic mass is 16.1. The van der Waals surface area contributed by atoms with Gasteiger partial charge in [0.05, 0.1) is 5.56 Å². The van der Waals surface area contributed by atoms with Crippen LogP contribution >= 0.6 is 0 Å². The fourth-order valence-electron chi connectivity index (χ4n) is 4.81. The maximum atomic E-state index is 10.4. The Morgan fingerprint density at radius 2 is 1.69 bits per heavy atom. The van der Waals surface area contributed by atoms with Crippen molar-refractivity contribution in [1.82, 2.24) is 29.3 Å². The van der Waals surface area contributed by atoms with Gasteiger partial charge in [-0.3, -0.25) is 9.36 Å². The molecule has 4 heterocycles. The van der Waals surface area contributed by atoms with Crippen molar-refractivity contribution in [2.45, 2.75) is 19.3 Å². The Bertz CT molecular complexity index is 1770. The van der Waals surface area contributed by atoms with E-state index in [9.17, 15) is 4.79 Å². The number of primary amides is 1. The summed E-state index contributed by atoms with van der Waals surface area (Å²) in [4.78, 5) is 24.5. The second-order valence-electron chi connectivity index (χ2n) is 9.21. The third kappa shape index (κ3) is 4.73. The molecule has 0 unspecified atom stereocenters. The zero-order chi connectivity index (χ0) is 26.8. The fraction of sp³-hybridized carbons (Fsp3) is 0.100. The molecule has 1 aliphatic rings. The van der Waals surface area contributed by atoms with Crippen LogP contribution in [0.4, 0.5) is 5.82 Å². The van der Waals surface area contributed by atoms with Crippen LogP contribution in [0.2, 0.25) is 0 Å². The van der Waals surface area contributed by atoms with Crippen molar-refractivity contribution in [3.05, 3.63) is 114 Å². The molecular weight excluding hydrogens is 488 g/mol. The van der Waals surface area contributed by atoms with Crippen LogP contribution in [0.15, 0.2) is 97.5 Å². The van der Waals surface area contributed by atoms with Crippen LogP contribution < -0.4 is 11.5 Å². The number of rotatable bonds is 4. The van der Waals surface area contributed by atoms with Crippen LogP contribution in [0.25, 0.3) is 34.1 Å². The molecule has 1 aliphatic carbocycles. The Morgan fingerprint density at radius 3 is 2.44 bits per heavy atom. The second kappa shape index (κ2) is 10.2. The summed E-state index contributed by atoms with van der Waals surface area (Å²) < 4.78 is 3.83. The zero-order valence-electron chi connectivity index (χ0n) is 21.1. The molecule has 4 N–H and O–H groups in total. The molecule has 6 aromatic rings. The Balaban J connectivity index is 0.000000263. The molecule has 39 heavy (non-hydrogen) atoms. The number of imidazole rings is 1. The highest BCUT2D eigenvalue weighted by molar-refractivity contribution is 5.92. The van der Waals surface area contributed by atoms with Gasteiger partial charge in [0.2, 0.25) is 5.91 Å². The summed E-state index contributed by atoms with van der Waals surface area (Å²) in [7, 11) is 0. The quantitative estimate of drug-likeness (QED) is 0.356. The van der Waals surface area contributed by atoms with Crippen molar-refractivity contribution >= 4 is 22.9 Å². The molecule has 192 valence electrons. The number of amides is 1. The maximum Gasteiger partial charge on any atom is 0.248 e. The number of aryl methyl sites for hydroxylation is 2. The number of aromatic nitrogens is 6. The molecule has 9 heteroatoms. The second-order valence-corrected chi connectivity index (χ2v) is 9.21. The number of nitrogens with zero attached hydrogens (tertiary/aromatic N) is 6. The van der Waals surface area contributed by atoms with Gasteiger partial charge in [0.25, 0.3) is 0 Å². The van der Waals surface area contributed by atoms with Crippen molar-refractivity contribution in [1.29, 1.82) is 0 Å². The highest BCUT2D eigenvalue weighted by Gasteiger charge is 2.20. The third-order valence-corrected chi connectivity index (χ3v) is 6.71. The van der Waals surface area contributed by atoms with Gasteiger partial charge < -0.3 is 11.5 Å². The van der Waals surface area contributed by atoms with Crippen molar-refractivity contribution in [2.75, 3.05) is 5.73 Å². The smallest absolute Gasteiger partial charge is 0.248 e. The number of carbonyl (C=O) groups excluding carboxylic acids is 1. The van der Waals surface area contributed by atoms with E-state index < -0.39 is 0 Å². The van der Waals surface area contributed by atoms with E-state index in [1.807, 2.05) is 42.6 Å². The van der Waals surface area contributed by atoms with E-state index >= 15 is 0 Å². The van der Waals surface area contributed by atoms with Gasteiger partial charge >= 0.3 is 0 Å².